The summed E-state index contributed by atoms with van der Waals surface area (Å²) < 4.78 is 0. The second kappa shape index (κ2) is 7.66. The Kier molecular flexibility index (Phi) is 6.14. The molecule has 0 saturated heterocycles. The van der Waals surface area contributed by atoms with Crippen molar-refractivity contribution in [1.29, 1.82) is 0 Å². The van der Waals surface area contributed by atoms with Crippen LogP contribution in [0.15, 0.2) is 18.7 Å². The fourth-order valence-electron chi connectivity index (χ4n) is 1.62. The van der Waals surface area contributed by atoms with Crippen LogP contribution >= 0.6 is 0 Å². The SMILES string of the molecule is C=CCNc1cc(N(C)CCCNC)nc(C)n1. The minimum atomic E-state index is 0.708. The van der Waals surface area contributed by atoms with Crippen LogP contribution in [0.3, 0.4) is 0 Å². The zero-order valence-corrected chi connectivity index (χ0v) is 11.5. The zero-order chi connectivity index (χ0) is 13.4. The molecule has 0 spiro atoms. The van der Waals surface area contributed by atoms with E-state index in [0.29, 0.717) is 6.54 Å². The first-order valence-electron chi connectivity index (χ1n) is 6.23. The van der Waals surface area contributed by atoms with Gasteiger partial charge in [-0.1, -0.05) is 6.08 Å². The van der Waals surface area contributed by atoms with Crippen molar-refractivity contribution in [3.05, 3.63) is 24.5 Å². The highest BCUT2D eigenvalue weighted by atomic mass is 15.2. The summed E-state index contributed by atoms with van der Waals surface area (Å²) >= 11 is 0. The summed E-state index contributed by atoms with van der Waals surface area (Å²) in [6.07, 6.45) is 2.90. The molecule has 0 aliphatic rings. The number of anilines is 2. The topological polar surface area (TPSA) is 53.1 Å². The second-order valence-corrected chi connectivity index (χ2v) is 4.21. The first-order valence-corrected chi connectivity index (χ1v) is 6.23. The van der Waals surface area contributed by atoms with Crippen LogP contribution in [-0.2, 0) is 0 Å². The number of rotatable bonds is 8. The minimum absolute atomic E-state index is 0.708. The molecule has 0 fully saturated rings. The molecule has 0 unspecified atom stereocenters. The van der Waals surface area contributed by atoms with Gasteiger partial charge in [0.15, 0.2) is 0 Å². The monoisotopic (exact) mass is 249 g/mol. The van der Waals surface area contributed by atoms with Crippen LogP contribution in [0.4, 0.5) is 11.6 Å². The van der Waals surface area contributed by atoms with E-state index < -0.39 is 0 Å². The van der Waals surface area contributed by atoms with Crippen LogP contribution in [0.1, 0.15) is 12.2 Å². The summed E-state index contributed by atoms with van der Waals surface area (Å²) in [7, 11) is 4.01. The zero-order valence-electron chi connectivity index (χ0n) is 11.5. The predicted molar refractivity (Wildman–Crippen MR) is 77.3 cm³/mol. The van der Waals surface area contributed by atoms with Crippen LogP contribution in [0.5, 0.6) is 0 Å². The van der Waals surface area contributed by atoms with Crippen LogP contribution in [-0.4, -0.2) is 43.7 Å². The Labute approximate surface area is 109 Å². The Bertz CT molecular complexity index is 378. The molecule has 0 radical (unpaired) electrons. The predicted octanol–water partition coefficient (Wildman–Crippen LogP) is 1.43. The highest BCUT2D eigenvalue weighted by Gasteiger charge is 2.05. The van der Waals surface area contributed by atoms with E-state index >= 15 is 0 Å². The highest BCUT2D eigenvalue weighted by molar-refractivity contribution is 5.49. The summed E-state index contributed by atoms with van der Waals surface area (Å²) in [5.74, 6) is 2.57. The molecule has 1 rings (SSSR count). The lowest BCUT2D eigenvalue weighted by atomic mass is 10.3. The van der Waals surface area contributed by atoms with Gasteiger partial charge in [0.2, 0.25) is 0 Å². The molecule has 0 aliphatic heterocycles. The third-order valence-corrected chi connectivity index (χ3v) is 2.56. The number of nitrogens with zero attached hydrogens (tertiary/aromatic N) is 3. The lowest BCUT2D eigenvalue weighted by Crippen LogP contribution is -2.23. The number of hydrogen-bond donors (Lipinski definition) is 2. The van der Waals surface area contributed by atoms with Crippen LogP contribution < -0.4 is 15.5 Å². The Hall–Kier alpha value is -1.62. The molecular weight excluding hydrogens is 226 g/mol. The highest BCUT2D eigenvalue weighted by Crippen LogP contribution is 2.14. The van der Waals surface area contributed by atoms with Gasteiger partial charge in [-0.25, -0.2) is 9.97 Å². The number of aromatic nitrogens is 2. The van der Waals surface area contributed by atoms with Gasteiger partial charge in [-0.05, 0) is 26.9 Å². The normalized spacial score (nSPS) is 10.2. The molecule has 0 aliphatic carbocycles. The minimum Gasteiger partial charge on any atom is -0.366 e. The quantitative estimate of drug-likeness (QED) is 0.539. The van der Waals surface area contributed by atoms with Crippen molar-refractivity contribution in [3.8, 4) is 0 Å². The van der Waals surface area contributed by atoms with Gasteiger partial charge in [0.1, 0.15) is 17.5 Å². The Morgan fingerprint density at radius 2 is 2.22 bits per heavy atom. The average Bonchev–Trinajstić information content (AvgIpc) is 2.36. The summed E-state index contributed by atoms with van der Waals surface area (Å²) in [5.41, 5.74) is 0. The largest absolute Gasteiger partial charge is 0.366 e. The van der Waals surface area contributed by atoms with Crippen LogP contribution in [0, 0.1) is 6.92 Å². The standard InChI is InChI=1S/C13H23N5/c1-5-7-15-12-10-13(17-11(2)16-12)18(4)9-6-8-14-3/h5,10,14H,1,6-9H2,2-4H3,(H,15,16,17). The van der Waals surface area contributed by atoms with Gasteiger partial charge in [-0.15, -0.1) is 6.58 Å². The van der Waals surface area contributed by atoms with Crippen LogP contribution in [0.2, 0.25) is 0 Å². The van der Waals surface area contributed by atoms with Gasteiger partial charge in [0.25, 0.3) is 0 Å². The molecule has 5 heteroatoms. The maximum absolute atomic E-state index is 4.45. The number of nitrogens with one attached hydrogen (secondary N) is 2. The van der Waals surface area contributed by atoms with Gasteiger partial charge in [-0.2, -0.15) is 0 Å². The second-order valence-electron chi connectivity index (χ2n) is 4.21. The molecular formula is C13H23N5. The molecule has 18 heavy (non-hydrogen) atoms. The molecule has 5 nitrogen and oxygen atoms in total. The third kappa shape index (κ3) is 4.71. The van der Waals surface area contributed by atoms with Crippen molar-refractivity contribution in [3.63, 3.8) is 0 Å². The maximum Gasteiger partial charge on any atom is 0.134 e. The Balaban J connectivity index is 2.68. The molecule has 1 heterocycles. The van der Waals surface area contributed by atoms with Crippen molar-refractivity contribution in [2.24, 2.45) is 0 Å². The van der Waals surface area contributed by atoms with Crippen molar-refractivity contribution in [1.82, 2.24) is 15.3 Å². The Morgan fingerprint density at radius 3 is 2.89 bits per heavy atom. The lowest BCUT2D eigenvalue weighted by Gasteiger charge is -2.19. The lowest BCUT2D eigenvalue weighted by molar-refractivity contribution is 0.708. The number of hydrogen-bond acceptors (Lipinski definition) is 5. The molecule has 0 bridgehead atoms. The molecule has 1 aromatic rings. The van der Waals surface area contributed by atoms with E-state index in [1.54, 1.807) is 0 Å². The molecule has 0 amide bonds. The van der Waals surface area contributed by atoms with Crippen molar-refractivity contribution < 1.29 is 0 Å². The Morgan fingerprint density at radius 1 is 1.44 bits per heavy atom. The maximum atomic E-state index is 4.45. The smallest absolute Gasteiger partial charge is 0.134 e. The van der Waals surface area contributed by atoms with E-state index in [2.05, 4.69) is 39.1 Å². The van der Waals surface area contributed by atoms with Gasteiger partial charge >= 0.3 is 0 Å². The summed E-state index contributed by atoms with van der Waals surface area (Å²) in [6, 6.07) is 1.97. The van der Waals surface area contributed by atoms with Gasteiger partial charge < -0.3 is 15.5 Å². The molecule has 2 N–H and O–H groups in total. The van der Waals surface area contributed by atoms with Crippen molar-refractivity contribution in [2.75, 3.05) is 43.9 Å². The molecule has 100 valence electrons. The average molecular weight is 249 g/mol. The summed E-state index contributed by atoms with van der Waals surface area (Å²) in [6.45, 7) is 8.28. The fourth-order valence-corrected chi connectivity index (χ4v) is 1.62. The molecule has 0 atom stereocenters. The van der Waals surface area contributed by atoms with E-state index in [0.717, 1.165) is 37.0 Å². The van der Waals surface area contributed by atoms with E-state index in [4.69, 9.17) is 0 Å². The third-order valence-electron chi connectivity index (χ3n) is 2.56. The van der Waals surface area contributed by atoms with Crippen LogP contribution in [0.25, 0.3) is 0 Å². The van der Waals surface area contributed by atoms with E-state index in [9.17, 15) is 0 Å². The first kappa shape index (κ1) is 14.4. The van der Waals surface area contributed by atoms with Gasteiger partial charge in [-0.3, -0.25) is 0 Å². The molecule has 1 aromatic heterocycles. The van der Waals surface area contributed by atoms with Gasteiger partial charge in [0, 0.05) is 26.2 Å². The fraction of sp³-hybridized carbons (Fsp3) is 0.538. The van der Waals surface area contributed by atoms with Crippen molar-refractivity contribution >= 4 is 11.6 Å². The summed E-state index contributed by atoms with van der Waals surface area (Å²) in [5, 5.41) is 6.33. The first-order chi connectivity index (χ1) is 8.67. The van der Waals surface area contributed by atoms with E-state index in [1.165, 1.54) is 0 Å². The van der Waals surface area contributed by atoms with E-state index in [1.807, 2.05) is 26.1 Å². The summed E-state index contributed by atoms with van der Waals surface area (Å²) in [4.78, 5) is 10.9. The molecule has 0 aromatic carbocycles. The molecule has 0 saturated carbocycles. The number of aryl methyl sites for hydroxylation is 1. The van der Waals surface area contributed by atoms with Crippen molar-refractivity contribution in [2.45, 2.75) is 13.3 Å². The van der Waals surface area contributed by atoms with Gasteiger partial charge in [0.05, 0.1) is 0 Å². The van der Waals surface area contributed by atoms with E-state index in [-0.39, 0.29) is 0 Å².